The normalized spacial score (nSPS) is 11.9. The fourth-order valence-corrected chi connectivity index (χ4v) is 2.88. The second kappa shape index (κ2) is 8.39. The highest BCUT2D eigenvalue weighted by Gasteiger charge is 2.05. The maximum atomic E-state index is 5.88. The van der Waals surface area contributed by atoms with Gasteiger partial charge in [-0.2, -0.15) is 5.10 Å². The van der Waals surface area contributed by atoms with Crippen molar-refractivity contribution in [2.45, 2.75) is 19.6 Å². The molecular weight excluding hydrogens is 306 g/mol. The molecule has 0 aliphatic carbocycles. The van der Waals surface area contributed by atoms with Gasteiger partial charge in [0.15, 0.2) is 5.17 Å². The van der Waals surface area contributed by atoms with Crippen LogP contribution in [0.4, 0.5) is 0 Å². The number of amidine groups is 1. The van der Waals surface area contributed by atoms with E-state index in [9.17, 15) is 0 Å². The van der Waals surface area contributed by atoms with Gasteiger partial charge in [0.1, 0.15) is 5.75 Å². The number of rotatable bonds is 5. The Morgan fingerprint density at radius 1 is 1.22 bits per heavy atom. The lowest BCUT2D eigenvalue weighted by atomic mass is 10.1. The number of methoxy groups -OCH3 is 1. The fourth-order valence-electron chi connectivity index (χ4n) is 2.27. The Morgan fingerprint density at radius 2 is 1.96 bits per heavy atom. The molecule has 0 heterocycles. The van der Waals surface area contributed by atoms with Crippen LogP contribution in [-0.2, 0) is 5.75 Å². The summed E-state index contributed by atoms with van der Waals surface area (Å²) < 4.78 is 5.42. The quantitative estimate of drug-likeness (QED) is 0.515. The minimum Gasteiger partial charge on any atom is -0.496 e. The number of hydrogen-bond donors (Lipinski definition) is 1. The standard InChI is InChI=1S/C18H21N3OS/c1-13-9-14(2)17(22-3)16(10-13)11-20-21-18(19)23-12-15-7-5-4-6-8-15/h4-11H,12H2,1-3H3,(H2,19,21). The van der Waals surface area contributed by atoms with E-state index < -0.39 is 0 Å². The largest absolute Gasteiger partial charge is 0.496 e. The Balaban J connectivity index is 2.02. The van der Waals surface area contributed by atoms with E-state index in [-0.39, 0.29) is 0 Å². The summed E-state index contributed by atoms with van der Waals surface area (Å²) in [6.45, 7) is 4.05. The molecular formula is C18H21N3OS. The predicted molar refractivity (Wildman–Crippen MR) is 99.4 cm³/mol. The second-order valence-electron chi connectivity index (χ2n) is 5.16. The first-order chi connectivity index (χ1) is 11.1. The zero-order valence-electron chi connectivity index (χ0n) is 13.6. The van der Waals surface area contributed by atoms with Crippen molar-refractivity contribution in [2.24, 2.45) is 15.9 Å². The van der Waals surface area contributed by atoms with E-state index in [1.807, 2.05) is 38.1 Å². The van der Waals surface area contributed by atoms with Crippen LogP contribution in [0.1, 0.15) is 22.3 Å². The number of benzene rings is 2. The Bertz CT molecular complexity index is 712. The van der Waals surface area contributed by atoms with Gasteiger partial charge in [0.05, 0.1) is 13.3 Å². The molecule has 0 bridgehead atoms. The van der Waals surface area contributed by atoms with Crippen molar-refractivity contribution in [3.05, 3.63) is 64.7 Å². The van der Waals surface area contributed by atoms with Crippen LogP contribution in [-0.4, -0.2) is 18.5 Å². The lowest BCUT2D eigenvalue weighted by Crippen LogP contribution is -2.06. The summed E-state index contributed by atoms with van der Waals surface area (Å²) in [5.74, 6) is 1.59. The van der Waals surface area contributed by atoms with Gasteiger partial charge >= 0.3 is 0 Å². The summed E-state index contributed by atoms with van der Waals surface area (Å²) in [5.41, 5.74) is 10.2. The first kappa shape index (κ1) is 17.1. The van der Waals surface area contributed by atoms with Crippen LogP contribution < -0.4 is 10.5 Å². The average molecular weight is 327 g/mol. The minimum atomic E-state index is 0.438. The molecule has 0 aromatic heterocycles. The van der Waals surface area contributed by atoms with E-state index in [1.54, 1.807) is 13.3 Å². The molecule has 0 spiro atoms. The Hall–Kier alpha value is -2.27. The molecule has 0 atom stereocenters. The zero-order chi connectivity index (χ0) is 16.7. The van der Waals surface area contributed by atoms with E-state index >= 15 is 0 Å². The maximum absolute atomic E-state index is 5.88. The van der Waals surface area contributed by atoms with Crippen molar-refractivity contribution in [3.8, 4) is 5.75 Å². The highest BCUT2D eigenvalue weighted by Crippen LogP contribution is 2.23. The predicted octanol–water partition coefficient (Wildman–Crippen LogP) is 3.89. The molecule has 0 fully saturated rings. The smallest absolute Gasteiger partial charge is 0.180 e. The molecule has 2 aromatic rings. The summed E-state index contributed by atoms with van der Waals surface area (Å²) in [7, 11) is 1.66. The number of aryl methyl sites for hydroxylation is 2. The molecule has 4 nitrogen and oxygen atoms in total. The van der Waals surface area contributed by atoms with Crippen molar-refractivity contribution in [1.29, 1.82) is 0 Å². The van der Waals surface area contributed by atoms with Crippen LogP contribution in [0, 0.1) is 13.8 Å². The van der Waals surface area contributed by atoms with Gasteiger partial charge in [0.2, 0.25) is 0 Å². The van der Waals surface area contributed by atoms with Gasteiger partial charge in [0, 0.05) is 11.3 Å². The lowest BCUT2D eigenvalue weighted by Gasteiger charge is -2.09. The number of nitrogens with two attached hydrogens (primary N) is 1. The van der Waals surface area contributed by atoms with E-state index in [4.69, 9.17) is 10.5 Å². The van der Waals surface area contributed by atoms with Crippen LogP contribution in [0.15, 0.2) is 52.7 Å². The number of thioether (sulfide) groups is 1. The summed E-state index contributed by atoms with van der Waals surface area (Å²) in [4.78, 5) is 0. The van der Waals surface area contributed by atoms with Crippen LogP contribution in [0.3, 0.4) is 0 Å². The van der Waals surface area contributed by atoms with Crippen molar-refractivity contribution in [2.75, 3.05) is 7.11 Å². The third-order valence-electron chi connectivity index (χ3n) is 3.23. The van der Waals surface area contributed by atoms with Gasteiger partial charge in [-0.25, -0.2) is 0 Å². The van der Waals surface area contributed by atoms with E-state index in [2.05, 4.69) is 28.4 Å². The second-order valence-corrected chi connectivity index (χ2v) is 6.16. The molecule has 2 aromatic carbocycles. The van der Waals surface area contributed by atoms with Crippen LogP contribution >= 0.6 is 11.8 Å². The molecule has 2 rings (SSSR count). The van der Waals surface area contributed by atoms with E-state index in [1.165, 1.54) is 17.3 Å². The molecule has 120 valence electrons. The van der Waals surface area contributed by atoms with E-state index in [0.29, 0.717) is 5.17 Å². The van der Waals surface area contributed by atoms with Gasteiger partial charge in [0.25, 0.3) is 0 Å². The average Bonchev–Trinajstić information content (AvgIpc) is 2.53. The summed E-state index contributed by atoms with van der Waals surface area (Å²) in [6.07, 6.45) is 1.68. The van der Waals surface area contributed by atoms with Gasteiger partial charge < -0.3 is 10.5 Å². The van der Waals surface area contributed by atoms with Crippen molar-refractivity contribution >= 4 is 23.1 Å². The monoisotopic (exact) mass is 327 g/mol. The van der Waals surface area contributed by atoms with Crippen molar-refractivity contribution in [1.82, 2.24) is 0 Å². The Labute approximate surface area is 141 Å². The molecule has 0 aliphatic rings. The third-order valence-corrected chi connectivity index (χ3v) is 4.09. The zero-order valence-corrected chi connectivity index (χ0v) is 14.4. The molecule has 0 saturated carbocycles. The SMILES string of the molecule is COc1c(C)cc(C)cc1C=NN=C(N)SCc1ccccc1. The van der Waals surface area contributed by atoms with Crippen molar-refractivity contribution < 1.29 is 4.74 Å². The maximum Gasteiger partial charge on any atom is 0.180 e. The van der Waals surface area contributed by atoms with Gasteiger partial charge in [-0.1, -0.05) is 48.2 Å². The topological polar surface area (TPSA) is 60.0 Å². The van der Waals surface area contributed by atoms with Crippen LogP contribution in [0.5, 0.6) is 5.75 Å². The number of hydrogen-bond acceptors (Lipinski definition) is 4. The van der Waals surface area contributed by atoms with E-state index in [0.717, 1.165) is 28.2 Å². The van der Waals surface area contributed by atoms with Crippen LogP contribution in [0.25, 0.3) is 0 Å². The lowest BCUT2D eigenvalue weighted by molar-refractivity contribution is 0.411. The molecule has 23 heavy (non-hydrogen) atoms. The Morgan fingerprint density at radius 3 is 2.65 bits per heavy atom. The first-order valence-corrected chi connectivity index (χ1v) is 8.27. The number of ether oxygens (including phenoxy) is 1. The summed E-state index contributed by atoms with van der Waals surface area (Å²) in [6, 6.07) is 14.2. The molecule has 0 radical (unpaired) electrons. The fraction of sp³-hybridized carbons (Fsp3) is 0.222. The van der Waals surface area contributed by atoms with Gasteiger partial charge in [-0.3, -0.25) is 0 Å². The van der Waals surface area contributed by atoms with Crippen molar-refractivity contribution in [3.63, 3.8) is 0 Å². The minimum absolute atomic E-state index is 0.438. The number of nitrogens with zero attached hydrogens (tertiary/aromatic N) is 2. The first-order valence-electron chi connectivity index (χ1n) is 7.28. The van der Waals surface area contributed by atoms with Gasteiger partial charge in [-0.15, -0.1) is 5.10 Å². The molecule has 0 aliphatic heterocycles. The Kier molecular flexibility index (Phi) is 6.23. The highest BCUT2D eigenvalue weighted by molar-refractivity contribution is 8.13. The highest BCUT2D eigenvalue weighted by atomic mass is 32.2. The molecule has 0 saturated heterocycles. The molecule has 5 heteroatoms. The molecule has 2 N–H and O–H groups in total. The third kappa shape index (κ3) is 5.14. The van der Waals surface area contributed by atoms with Gasteiger partial charge in [-0.05, 0) is 36.6 Å². The van der Waals surface area contributed by atoms with Crippen LogP contribution in [0.2, 0.25) is 0 Å². The summed E-state index contributed by atoms with van der Waals surface area (Å²) >= 11 is 1.46. The summed E-state index contributed by atoms with van der Waals surface area (Å²) in [5, 5.41) is 8.56. The molecule has 0 unspecified atom stereocenters. The molecule has 0 amide bonds.